The number of aromatic nitrogens is 2. The highest BCUT2D eigenvalue weighted by Gasteiger charge is 2.28. The van der Waals surface area contributed by atoms with Crippen molar-refractivity contribution in [2.24, 2.45) is 5.92 Å². The molecule has 0 aliphatic heterocycles. The molecule has 0 spiro atoms. The smallest absolute Gasteiger partial charge is 0.134 e. The molecule has 1 saturated carbocycles. The van der Waals surface area contributed by atoms with Crippen LogP contribution in [-0.4, -0.2) is 16.5 Å². The second-order valence-corrected chi connectivity index (χ2v) is 7.06. The number of anilines is 1. The molecule has 0 amide bonds. The van der Waals surface area contributed by atoms with Crippen molar-refractivity contribution in [2.75, 3.05) is 11.9 Å². The van der Waals surface area contributed by atoms with E-state index < -0.39 is 0 Å². The van der Waals surface area contributed by atoms with Crippen molar-refractivity contribution < 1.29 is 0 Å². The minimum absolute atomic E-state index is 0.0740. The van der Waals surface area contributed by atoms with Crippen LogP contribution in [0.15, 0.2) is 6.07 Å². The Labute approximate surface area is 123 Å². The van der Waals surface area contributed by atoms with Gasteiger partial charge in [0, 0.05) is 23.9 Å². The summed E-state index contributed by atoms with van der Waals surface area (Å²) >= 11 is 0. The number of nitrogens with zero attached hydrogens (tertiary/aromatic N) is 2. The summed E-state index contributed by atoms with van der Waals surface area (Å²) in [5.41, 5.74) is 1.23. The number of rotatable bonds is 4. The molecular weight excluding hydrogens is 246 g/mol. The highest BCUT2D eigenvalue weighted by molar-refractivity contribution is 5.38. The topological polar surface area (TPSA) is 37.8 Å². The van der Waals surface area contributed by atoms with Crippen LogP contribution in [0, 0.1) is 5.92 Å². The van der Waals surface area contributed by atoms with Gasteiger partial charge in [-0.15, -0.1) is 0 Å². The summed E-state index contributed by atoms with van der Waals surface area (Å²) in [4.78, 5) is 9.65. The monoisotopic (exact) mass is 275 g/mol. The van der Waals surface area contributed by atoms with Gasteiger partial charge in [-0.25, -0.2) is 9.97 Å². The van der Waals surface area contributed by atoms with E-state index >= 15 is 0 Å². The average Bonchev–Trinajstić information content (AvgIpc) is 2.86. The Balaban J connectivity index is 2.30. The molecular formula is C17H29N3. The van der Waals surface area contributed by atoms with Crippen LogP contribution >= 0.6 is 0 Å². The molecule has 20 heavy (non-hydrogen) atoms. The molecule has 3 nitrogen and oxygen atoms in total. The van der Waals surface area contributed by atoms with Gasteiger partial charge in [0.1, 0.15) is 11.6 Å². The quantitative estimate of drug-likeness (QED) is 0.879. The Morgan fingerprint density at radius 2 is 1.95 bits per heavy atom. The summed E-state index contributed by atoms with van der Waals surface area (Å²) in [7, 11) is 0. The predicted molar refractivity (Wildman–Crippen MR) is 85.3 cm³/mol. The van der Waals surface area contributed by atoms with Crippen LogP contribution < -0.4 is 5.32 Å². The fraction of sp³-hybridized carbons (Fsp3) is 0.765. The van der Waals surface area contributed by atoms with Gasteiger partial charge in [-0.05, 0) is 32.1 Å². The van der Waals surface area contributed by atoms with E-state index in [0.29, 0.717) is 5.92 Å². The maximum Gasteiger partial charge on any atom is 0.134 e. The third-order valence-corrected chi connectivity index (χ3v) is 4.35. The summed E-state index contributed by atoms with van der Waals surface area (Å²) in [6, 6.07) is 2.11. The minimum atomic E-state index is 0.0740. The van der Waals surface area contributed by atoms with Crippen molar-refractivity contribution in [3.8, 4) is 0 Å². The summed E-state index contributed by atoms with van der Waals surface area (Å²) in [6.07, 6.45) is 5.13. The van der Waals surface area contributed by atoms with Crippen molar-refractivity contribution >= 4 is 5.82 Å². The maximum atomic E-state index is 4.89. The fourth-order valence-corrected chi connectivity index (χ4v) is 2.98. The van der Waals surface area contributed by atoms with Crippen LogP contribution in [0.1, 0.15) is 77.7 Å². The first-order chi connectivity index (χ1) is 9.44. The Morgan fingerprint density at radius 1 is 1.20 bits per heavy atom. The molecule has 112 valence electrons. The van der Waals surface area contributed by atoms with Crippen LogP contribution in [0.25, 0.3) is 0 Å². The fourth-order valence-electron chi connectivity index (χ4n) is 2.98. The Hall–Kier alpha value is -1.12. The lowest BCUT2D eigenvalue weighted by molar-refractivity contribution is 0.512. The molecule has 1 aromatic heterocycles. The van der Waals surface area contributed by atoms with E-state index in [0.717, 1.165) is 29.8 Å². The normalized spacial score (nSPS) is 23.1. The van der Waals surface area contributed by atoms with Crippen LogP contribution in [0.2, 0.25) is 0 Å². The average molecular weight is 275 g/mol. The first-order valence-electron chi connectivity index (χ1n) is 8.07. The molecule has 1 aliphatic carbocycles. The van der Waals surface area contributed by atoms with Crippen molar-refractivity contribution in [3.63, 3.8) is 0 Å². The number of nitrogens with one attached hydrogen (secondary N) is 1. The molecule has 2 atom stereocenters. The molecule has 3 heteroatoms. The number of hydrogen-bond donors (Lipinski definition) is 1. The molecule has 0 saturated heterocycles. The minimum Gasteiger partial charge on any atom is -0.370 e. The van der Waals surface area contributed by atoms with Crippen molar-refractivity contribution in [1.82, 2.24) is 9.97 Å². The lowest BCUT2D eigenvalue weighted by Crippen LogP contribution is -2.18. The Morgan fingerprint density at radius 3 is 2.50 bits per heavy atom. The molecule has 1 fully saturated rings. The van der Waals surface area contributed by atoms with E-state index in [4.69, 9.17) is 9.97 Å². The van der Waals surface area contributed by atoms with Crippen LogP contribution in [0.5, 0.6) is 0 Å². The Kier molecular flexibility index (Phi) is 4.66. The van der Waals surface area contributed by atoms with Gasteiger partial charge in [0.2, 0.25) is 0 Å². The van der Waals surface area contributed by atoms with Crippen molar-refractivity contribution in [2.45, 2.75) is 71.6 Å². The molecule has 2 rings (SSSR count). The van der Waals surface area contributed by atoms with Gasteiger partial charge in [0.15, 0.2) is 0 Å². The molecule has 0 bridgehead atoms. The second-order valence-electron chi connectivity index (χ2n) is 7.06. The largest absolute Gasteiger partial charge is 0.370 e. The van der Waals surface area contributed by atoms with Crippen LogP contribution in [0.3, 0.4) is 0 Å². The molecule has 1 heterocycles. The van der Waals surface area contributed by atoms with E-state index in [9.17, 15) is 0 Å². The number of hydrogen-bond acceptors (Lipinski definition) is 3. The zero-order valence-electron chi connectivity index (χ0n) is 13.7. The zero-order valence-corrected chi connectivity index (χ0v) is 13.7. The second kappa shape index (κ2) is 6.11. The highest BCUT2D eigenvalue weighted by atomic mass is 15.0. The van der Waals surface area contributed by atoms with Gasteiger partial charge in [-0.1, -0.05) is 34.1 Å². The van der Waals surface area contributed by atoms with E-state index in [1.54, 1.807) is 0 Å². The van der Waals surface area contributed by atoms with E-state index in [1.165, 1.54) is 25.7 Å². The molecule has 2 unspecified atom stereocenters. The predicted octanol–water partition coefficient (Wildman–Crippen LogP) is 4.50. The SMILES string of the molecule is CCNc1cc(C(C)(C)C)nc(C2CCC(CC)C2)n1. The maximum absolute atomic E-state index is 4.89. The van der Waals surface area contributed by atoms with Crippen molar-refractivity contribution in [1.29, 1.82) is 0 Å². The van der Waals surface area contributed by atoms with Gasteiger partial charge >= 0.3 is 0 Å². The Bertz CT molecular complexity index is 448. The molecule has 0 aromatic carbocycles. The first-order valence-corrected chi connectivity index (χ1v) is 8.07. The third kappa shape index (κ3) is 3.50. The zero-order chi connectivity index (χ0) is 14.8. The summed E-state index contributed by atoms with van der Waals surface area (Å²) in [6.45, 7) is 12.0. The molecule has 0 radical (unpaired) electrons. The summed E-state index contributed by atoms with van der Waals surface area (Å²) in [5.74, 6) is 3.47. The standard InChI is InChI=1S/C17H29N3/c1-6-12-8-9-13(10-12)16-19-14(17(3,4)5)11-15(20-16)18-7-2/h11-13H,6-10H2,1-5H3,(H,18,19,20). The lowest BCUT2D eigenvalue weighted by atomic mass is 9.91. The van der Waals surface area contributed by atoms with Gasteiger partial charge in [0.05, 0.1) is 5.69 Å². The molecule has 1 aromatic rings. The van der Waals surface area contributed by atoms with Gasteiger partial charge < -0.3 is 5.32 Å². The van der Waals surface area contributed by atoms with E-state index in [1.807, 2.05) is 0 Å². The summed E-state index contributed by atoms with van der Waals surface area (Å²) in [5, 5.41) is 3.36. The lowest BCUT2D eigenvalue weighted by Gasteiger charge is -2.21. The molecule has 1 N–H and O–H groups in total. The highest BCUT2D eigenvalue weighted by Crippen LogP contribution is 2.39. The van der Waals surface area contributed by atoms with Gasteiger partial charge in [-0.2, -0.15) is 0 Å². The van der Waals surface area contributed by atoms with Gasteiger partial charge in [0.25, 0.3) is 0 Å². The van der Waals surface area contributed by atoms with E-state index in [2.05, 4.69) is 46.0 Å². The van der Waals surface area contributed by atoms with E-state index in [-0.39, 0.29) is 5.41 Å². The van der Waals surface area contributed by atoms with Gasteiger partial charge in [-0.3, -0.25) is 0 Å². The van der Waals surface area contributed by atoms with Crippen LogP contribution in [0.4, 0.5) is 5.82 Å². The third-order valence-electron chi connectivity index (χ3n) is 4.35. The van der Waals surface area contributed by atoms with Crippen LogP contribution in [-0.2, 0) is 5.41 Å². The summed E-state index contributed by atoms with van der Waals surface area (Å²) < 4.78 is 0. The first kappa shape index (κ1) is 15.3. The molecule has 1 aliphatic rings. The van der Waals surface area contributed by atoms with Crippen molar-refractivity contribution in [3.05, 3.63) is 17.6 Å².